The van der Waals surface area contributed by atoms with Gasteiger partial charge in [-0.3, -0.25) is 9.59 Å². The molecule has 0 bridgehead atoms. The number of carboxylic acid groups (broad SMARTS) is 1. The lowest BCUT2D eigenvalue weighted by Gasteiger charge is -2.11. The van der Waals surface area contributed by atoms with Crippen LogP contribution in [-0.2, 0) is 19.1 Å². The van der Waals surface area contributed by atoms with E-state index in [-0.39, 0.29) is 30.0 Å². The van der Waals surface area contributed by atoms with Crippen molar-refractivity contribution in [3.63, 3.8) is 0 Å². The second-order valence-electron chi connectivity index (χ2n) is 3.04. The van der Waals surface area contributed by atoms with Gasteiger partial charge in [-0.05, 0) is 13.8 Å². The van der Waals surface area contributed by atoms with Gasteiger partial charge >= 0.3 is 5.97 Å². The Bertz CT molecular complexity index is 314. The summed E-state index contributed by atoms with van der Waals surface area (Å²) in [5.74, 6) is -2.44. The number of allylic oxidation sites excluding steroid dienone is 1. The van der Waals surface area contributed by atoms with E-state index in [1.807, 2.05) is 0 Å². The smallest absolute Gasteiger partial charge is 0.318 e. The van der Waals surface area contributed by atoms with E-state index in [9.17, 15) is 19.5 Å². The van der Waals surface area contributed by atoms with Crippen LogP contribution in [0.1, 0.15) is 33.6 Å². The monoisotopic (exact) mass is 213 g/mol. The maximum Gasteiger partial charge on any atom is 0.318 e. The summed E-state index contributed by atoms with van der Waals surface area (Å²) in [4.78, 5) is 32.1. The van der Waals surface area contributed by atoms with E-state index in [2.05, 4.69) is 0 Å². The van der Waals surface area contributed by atoms with Gasteiger partial charge in [0.15, 0.2) is 0 Å². The minimum atomic E-state index is -1.39. The van der Waals surface area contributed by atoms with Crippen LogP contribution in [0.5, 0.6) is 0 Å². The summed E-state index contributed by atoms with van der Waals surface area (Å²) in [6, 6.07) is 0. The van der Waals surface area contributed by atoms with Gasteiger partial charge < -0.3 is 14.6 Å². The highest BCUT2D eigenvalue weighted by Gasteiger charge is 2.11. The number of ether oxygens (including phenoxy) is 1. The predicted molar refractivity (Wildman–Crippen MR) is 49.4 cm³/mol. The molecule has 0 unspecified atom stereocenters. The number of ketones is 1. The van der Waals surface area contributed by atoms with Crippen molar-refractivity contribution in [2.45, 2.75) is 33.6 Å². The minimum absolute atomic E-state index is 0.0289. The van der Waals surface area contributed by atoms with Crippen molar-refractivity contribution in [1.29, 1.82) is 0 Å². The van der Waals surface area contributed by atoms with E-state index in [1.54, 1.807) is 6.92 Å². The molecule has 84 valence electrons. The number of aliphatic carboxylic acids is 1. The fourth-order valence-electron chi connectivity index (χ4n) is 0.904. The van der Waals surface area contributed by atoms with Crippen molar-refractivity contribution in [3.05, 3.63) is 11.3 Å². The maximum atomic E-state index is 11.1. The van der Waals surface area contributed by atoms with Crippen LogP contribution in [0.2, 0.25) is 0 Å². The standard InChI is InChI=1S/C10H14O5/c1-4-8(7(3)10(13)14)15-9(12)5-6(2)11/h4-5H2,1-3H3,(H,13,14)/p-1/b8-7-. The van der Waals surface area contributed by atoms with Crippen LogP contribution in [0, 0.1) is 0 Å². The first-order chi connectivity index (χ1) is 6.88. The number of hydrogen-bond acceptors (Lipinski definition) is 5. The molecule has 0 aliphatic carbocycles. The van der Waals surface area contributed by atoms with Crippen LogP contribution in [0.3, 0.4) is 0 Å². The molecule has 0 aliphatic heterocycles. The number of Topliss-reactive ketones (excluding diaryl/α,β-unsaturated/α-hetero) is 1. The van der Waals surface area contributed by atoms with E-state index in [1.165, 1.54) is 13.8 Å². The average Bonchev–Trinajstić information content (AvgIpc) is 2.11. The van der Waals surface area contributed by atoms with Crippen LogP contribution in [0.15, 0.2) is 11.3 Å². The fraction of sp³-hybridized carbons (Fsp3) is 0.500. The SMILES string of the molecule is CC/C(OC(=O)CC(C)=O)=C(\C)C(=O)[O-]. The van der Waals surface area contributed by atoms with Crippen molar-refractivity contribution in [3.8, 4) is 0 Å². The number of esters is 1. The zero-order valence-electron chi connectivity index (χ0n) is 8.96. The maximum absolute atomic E-state index is 11.1. The lowest BCUT2D eigenvalue weighted by molar-refractivity contribution is -0.299. The minimum Gasteiger partial charge on any atom is -0.545 e. The summed E-state index contributed by atoms with van der Waals surface area (Å²) < 4.78 is 4.73. The molecule has 15 heavy (non-hydrogen) atoms. The van der Waals surface area contributed by atoms with Gasteiger partial charge in [-0.25, -0.2) is 0 Å². The molecule has 5 nitrogen and oxygen atoms in total. The van der Waals surface area contributed by atoms with Crippen molar-refractivity contribution in [2.24, 2.45) is 0 Å². The normalized spacial score (nSPS) is 11.7. The topological polar surface area (TPSA) is 83.5 Å². The largest absolute Gasteiger partial charge is 0.545 e. The lowest BCUT2D eigenvalue weighted by Crippen LogP contribution is -2.25. The van der Waals surface area contributed by atoms with Crippen LogP contribution < -0.4 is 5.11 Å². The Morgan fingerprint density at radius 1 is 1.20 bits per heavy atom. The molecule has 0 aromatic rings. The molecule has 5 heteroatoms. The molecule has 0 radical (unpaired) electrons. The first-order valence-electron chi connectivity index (χ1n) is 4.49. The summed E-state index contributed by atoms with van der Waals surface area (Å²) >= 11 is 0. The third-order valence-electron chi connectivity index (χ3n) is 1.68. The number of carboxylic acids is 1. The number of carbonyl (C=O) groups is 3. The molecular formula is C10H13O5-. The third-order valence-corrected chi connectivity index (χ3v) is 1.68. The van der Waals surface area contributed by atoms with E-state index in [0.717, 1.165) is 0 Å². The van der Waals surface area contributed by atoms with Crippen LogP contribution in [0.4, 0.5) is 0 Å². The van der Waals surface area contributed by atoms with Crippen LogP contribution in [0.25, 0.3) is 0 Å². The van der Waals surface area contributed by atoms with Gasteiger partial charge in [0, 0.05) is 12.0 Å². The summed E-state index contributed by atoms with van der Waals surface area (Å²) in [7, 11) is 0. The molecule has 0 aromatic heterocycles. The molecular weight excluding hydrogens is 200 g/mol. The van der Waals surface area contributed by atoms with Crippen LogP contribution >= 0.6 is 0 Å². The summed E-state index contributed by atoms with van der Waals surface area (Å²) in [5, 5.41) is 10.5. The highest BCUT2D eigenvalue weighted by Crippen LogP contribution is 2.10. The zero-order valence-corrected chi connectivity index (χ0v) is 8.96. The van der Waals surface area contributed by atoms with E-state index in [0.29, 0.717) is 0 Å². The molecule has 0 heterocycles. The Hall–Kier alpha value is -1.65. The molecule has 0 aliphatic rings. The second kappa shape index (κ2) is 5.95. The van der Waals surface area contributed by atoms with Gasteiger partial charge in [0.2, 0.25) is 0 Å². The van der Waals surface area contributed by atoms with Gasteiger partial charge in [0.1, 0.15) is 18.0 Å². The van der Waals surface area contributed by atoms with Gasteiger partial charge in [0.25, 0.3) is 0 Å². The number of rotatable bonds is 5. The Morgan fingerprint density at radius 2 is 1.73 bits per heavy atom. The zero-order chi connectivity index (χ0) is 12.0. The van der Waals surface area contributed by atoms with Crippen molar-refractivity contribution >= 4 is 17.7 Å². The highest BCUT2D eigenvalue weighted by molar-refractivity contribution is 5.94. The fourth-order valence-corrected chi connectivity index (χ4v) is 0.904. The van der Waals surface area contributed by atoms with Gasteiger partial charge in [-0.15, -0.1) is 0 Å². The molecule has 0 fully saturated rings. The van der Waals surface area contributed by atoms with E-state index >= 15 is 0 Å². The summed E-state index contributed by atoms with van der Waals surface area (Å²) in [6.07, 6.45) is -0.104. The van der Waals surface area contributed by atoms with Gasteiger partial charge in [-0.1, -0.05) is 6.92 Å². The average molecular weight is 213 g/mol. The predicted octanol–water partition coefficient (Wildman–Crippen LogP) is -0.0574. The third kappa shape index (κ3) is 4.95. The van der Waals surface area contributed by atoms with Crippen molar-refractivity contribution in [2.75, 3.05) is 0 Å². The molecule has 0 amide bonds. The second-order valence-corrected chi connectivity index (χ2v) is 3.04. The summed E-state index contributed by atoms with van der Waals surface area (Å²) in [6.45, 7) is 4.18. The van der Waals surface area contributed by atoms with Crippen molar-refractivity contribution < 1.29 is 24.2 Å². The lowest BCUT2D eigenvalue weighted by atomic mass is 10.2. The molecule has 0 saturated heterocycles. The van der Waals surface area contributed by atoms with E-state index < -0.39 is 11.9 Å². The highest BCUT2D eigenvalue weighted by atomic mass is 16.5. The molecule has 0 rings (SSSR count). The van der Waals surface area contributed by atoms with E-state index in [4.69, 9.17) is 4.74 Å². The molecule has 0 spiro atoms. The Kier molecular flexibility index (Phi) is 5.30. The van der Waals surface area contributed by atoms with Crippen molar-refractivity contribution in [1.82, 2.24) is 0 Å². The molecule has 0 saturated carbocycles. The molecule has 0 N–H and O–H groups in total. The summed E-state index contributed by atoms with van der Waals surface area (Å²) in [5.41, 5.74) is -0.130. The first-order valence-corrected chi connectivity index (χ1v) is 4.49. The van der Waals surface area contributed by atoms with Crippen LogP contribution in [-0.4, -0.2) is 17.7 Å². The van der Waals surface area contributed by atoms with Gasteiger partial charge in [0.05, 0.1) is 5.97 Å². The number of hydrogen-bond donors (Lipinski definition) is 0. The number of carbonyl (C=O) groups excluding carboxylic acids is 3. The first kappa shape index (κ1) is 13.4. The quantitative estimate of drug-likeness (QED) is 0.276. The molecule has 0 atom stereocenters. The Morgan fingerprint density at radius 3 is 2.07 bits per heavy atom. The Labute approximate surface area is 87.7 Å². The van der Waals surface area contributed by atoms with Gasteiger partial charge in [-0.2, -0.15) is 0 Å². The Balaban J connectivity index is 4.60. The molecule has 0 aromatic carbocycles.